The zero-order valence-corrected chi connectivity index (χ0v) is 17.1. The van der Waals surface area contributed by atoms with Gasteiger partial charge in [0.1, 0.15) is 5.82 Å². The number of urea groups is 1. The lowest BCUT2D eigenvalue weighted by molar-refractivity contribution is 0.205. The molecule has 0 saturated heterocycles. The molecule has 0 fully saturated rings. The smallest absolute Gasteiger partial charge is 0.318 e. The van der Waals surface area contributed by atoms with Gasteiger partial charge in [-0.25, -0.2) is 9.78 Å². The molecule has 0 bridgehead atoms. The second kappa shape index (κ2) is 8.02. The molecular weight excluding hydrogens is 376 g/mol. The van der Waals surface area contributed by atoms with E-state index in [1.165, 1.54) is 15.0 Å². The predicted molar refractivity (Wildman–Crippen MR) is 113 cm³/mol. The predicted octanol–water partition coefficient (Wildman–Crippen LogP) is 4.37. The van der Waals surface area contributed by atoms with E-state index >= 15 is 0 Å². The molecule has 0 radical (unpaired) electrons. The number of benzene rings is 2. The number of fused-ring (bicyclic) bond motifs is 1. The summed E-state index contributed by atoms with van der Waals surface area (Å²) < 4.78 is 1.46. The number of hydrogen-bond donors (Lipinski definition) is 1. The Bertz CT molecular complexity index is 1080. The third-order valence-corrected chi connectivity index (χ3v) is 5.20. The molecule has 7 heteroatoms. The van der Waals surface area contributed by atoms with Gasteiger partial charge in [-0.15, -0.1) is 0 Å². The summed E-state index contributed by atoms with van der Waals surface area (Å²) in [6.45, 7) is 3.92. The first-order valence-electron chi connectivity index (χ1n) is 9.10. The highest BCUT2D eigenvalue weighted by Crippen LogP contribution is 2.21. The van der Waals surface area contributed by atoms with E-state index in [1.807, 2.05) is 31.2 Å². The molecule has 2 aromatic carbocycles. The summed E-state index contributed by atoms with van der Waals surface area (Å²) in [6.07, 6.45) is 0.942. The lowest BCUT2D eigenvalue weighted by Gasteiger charge is -2.26. The van der Waals surface area contributed by atoms with Crippen LogP contribution in [0.4, 0.5) is 10.5 Å². The Morgan fingerprint density at radius 3 is 2.57 bits per heavy atom. The minimum atomic E-state index is -0.410. The minimum Gasteiger partial charge on any atom is -0.318 e. The largest absolute Gasteiger partial charge is 0.322 e. The van der Waals surface area contributed by atoms with Crippen molar-refractivity contribution in [2.45, 2.75) is 26.3 Å². The van der Waals surface area contributed by atoms with Gasteiger partial charge in [-0.2, -0.15) is 0 Å². The molecule has 3 aromatic rings. The Hall–Kier alpha value is -2.86. The number of anilines is 1. The highest BCUT2D eigenvalue weighted by molar-refractivity contribution is 6.31. The first-order valence-corrected chi connectivity index (χ1v) is 9.48. The van der Waals surface area contributed by atoms with E-state index in [-0.39, 0.29) is 11.6 Å². The summed E-state index contributed by atoms with van der Waals surface area (Å²) >= 11 is 6.00. The van der Waals surface area contributed by atoms with Crippen LogP contribution in [0.15, 0.2) is 47.3 Å². The van der Waals surface area contributed by atoms with Gasteiger partial charge in [0.05, 0.1) is 16.9 Å². The number of nitrogens with zero attached hydrogens (tertiary/aromatic N) is 3. The van der Waals surface area contributed by atoms with Crippen LogP contribution in [0, 0.1) is 0 Å². The Morgan fingerprint density at radius 2 is 1.93 bits per heavy atom. The molecule has 146 valence electrons. The van der Waals surface area contributed by atoms with Crippen LogP contribution in [0.5, 0.6) is 0 Å². The fourth-order valence-electron chi connectivity index (χ4n) is 3.02. The van der Waals surface area contributed by atoms with Crippen LogP contribution in [0.2, 0.25) is 5.02 Å². The molecule has 28 heavy (non-hydrogen) atoms. The van der Waals surface area contributed by atoms with Crippen LogP contribution in [0.25, 0.3) is 10.9 Å². The van der Waals surface area contributed by atoms with Crippen LogP contribution in [-0.4, -0.2) is 27.5 Å². The van der Waals surface area contributed by atoms with Crippen molar-refractivity contribution in [3.63, 3.8) is 0 Å². The van der Waals surface area contributed by atoms with Gasteiger partial charge in [0.2, 0.25) is 0 Å². The molecule has 0 saturated carbocycles. The second-order valence-corrected chi connectivity index (χ2v) is 7.20. The molecule has 0 spiro atoms. The number of halogens is 1. The van der Waals surface area contributed by atoms with Gasteiger partial charge in [0.15, 0.2) is 0 Å². The topological polar surface area (TPSA) is 67.2 Å². The fraction of sp³-hybridized carbons (Fsp3) is 0.286. The van der Waals surface area contributed by atoms with Crippen molar-refractivity contribution in [3.8, 4) is 0 Å². The molecule has 1 atom stereocenters. The van der Waals surface area contributed by atoms with E-state index in [4.69, 9.17) is 11.6 Å². The maximum atomic E-state index is 12.7. The van der Waals surface area contributed by atoms with Gasteiger partial charge in [-0.1, -0.05) is 30.7 Å². The van der Waals surface area contributed by atoms with Gasteiger partial charge in [-0.05, 0) is 49.2 Å². The molecule has 6 nitrogen and oxygen atoms in total. The monoisotopic (exact) mass is 398 g/mol. The van der Waals surface area contributed by atoms with Crippen molar-refractivity contribution in [1.29, 1.82) is 0 Å². The second-order valence-electron chi connectivity index (χ2n) is 6.76. The maximum absolute atomic E-state index is 12.7. The van der Waals surface area contributed by atoms with E-state index in [9.17, 15) is 9.59 Å². The summed E-state index contributed by atoms with van der Waals surface area (Å²) in [5, 5.41) is 3.81. The molecule has 0 aliphatic heterocycles. The third kappa shape index (κ3) is 3.87. The van der Waals surface area contributed by atoms with Crippen molar-refractivity contribution in [2.75, 3.05) is 12.4 Å². The maximum Gasteiger partial charge on any atom is 0.322 e. The summed E-state index contributed by atoms with van der Waals surface area (Å²) in [4.78, 5) is 31.5. The molecule has 1 aromatic heterocycles. The van der Waals surface area contributed by atoms with E-state index < -0.39 is 6.04 Å². The van der Waals surface area contributed by atoms with Crippen molar-refractivity contribution in [1.82, 2.24) is 14.5 Å². The third-order valence-electron chi connectivity index (χ3n) is 4.96. The van der Waals surface area contributed by atoms with Gasteiger partial charge in [0, 0.05) is 24.8 Å². The zero-order valence-electron chi connectivity index (χ0n) is 16.4. The first kappa shape index (κ1) is 19.9. The van der Waals surface area contributed by atoms with Crippen LogP contribution >= 0.6 is 11.6 Å². The Balaban J connectivity index is 1.86. The standard InChI is InChI=1S/C21H23ClN4O2/c1-5-14-6-9-16(10-7-14)23-21(28)25(3)13(2)19-24-18-11-8-15(22)12-17(18)20(27)26(19)4/h6-13H,5H2,1-4H3,(H,23,28). The van der Waals surface area contributed by atoms with E-state index in [0.717, 1.165) is 12.1 Å². The molecular formula is C21H23ClN4O2. The van der Waals surface area contributed by atoms with Crippen molar-refractivity contribution in [3.05, 3.63) is 69.2 Å². The highest BCUT2D eigenvalue weighted by Gasteiger charge is 2.22. The normalized spacial score (nSPS) is 12.0. The van der Waals surface area contributed by atoms with Crippen LogP contribution < -0.4 is 10.9 Å². The Labute approximate surface area is 168 Å². The number of aromatic nitrogens is 2. The van der Waals surface area contributed by atoms with Crippen molar-refractivity contribution < 1.29 is 4.79 Å². The van der Waals surface area contributed by atoms with Crippen molar-refractivity contribution >= 4 is 34.2 Å². The molecule has 0 aliphatic rings. The van der Waals surface area contributed by atoms with E-state index in [2.05, 4.69) is 17.2 Å². The summed E-state index contributed by atoms with van der Waals surface area (Å²) in [5.74, 6) is 0.499. The number of amides is 2. The minimum absolute atomic E-state index is 0.196. The summed E-state index contributed by atoms with van der Waals surface area (Å²) in [5.41, 5.74) is 2.28. The van der Waals surface area contributed by atoms with Crippen LogP contribution in [-0.2, 0) is 13.5 Å². The fourth-order valence-corrected chi connectivity index (χ4v) is 3.19. The zero-order chi connectivity index (χ0) is 20.4. The Morgan fingerprint density at radius 1 is 1.25 bits per heavy atom. The number of carbonyl (C=O) groups is 1. The molecule has 1 unspecified atom stereocenters. The Kier molecular flexibility index (Phi) is 5.70. The summed E-state index contributed by atoms with van der Waals surface area (Å²) in [7, 11) is 3.33. The quantitative estimate of drug-likeness (QED) is 0.709. The molecule has 1 N–H and O–H groups in total. The van der Waals surface area contributed by atoms with Crippen molar-refractivity contribution in [2.24, 2.45) is 7.05 Å². The first-order chi connectivity index (χ1) is 13.3. The van der Waals surface area contributed by atoms with Gasteiger partial charge >= 0.3 is 6.03 Å². The number of hydrogen-bond acceptors (Lipinski definition) is 3. The molecule has 2 amide bonds. The number of rotatable bonds is 4. The average molecular weight is 399 g/mol. The molecule has 0 aliphatic carbocycles. The lowest BCUT2D eigenvalue weighted by Crippen LogP contribution is -2.37. The number of carbonyl (C=O) groups excluding carboxylic acids is 1. The SMILES string of the molecule is CCc1ccc(NC(=O)N(C)C(C)c2nc3ccc(Cl)cc3c(=O)n2C)cc1. The van der Waals surface area contributed by atoms with Gasteiger partial charge in [-0.3, -0.25) is 9.36 Å². The van der Waals surface area contributed by atoms with Crippen LogP contribution in [0.1, 0.15) is 31.3 Å². The highest BCUT2D eigenvalue weighted by atomic mass is 35.5. The number of nitrogens with one attached hydrogen (secondary N) is 1. The van der Waals surface area contributed by atoms with Gasteiger partial charge < -0.3 is 10.2 Å². The molecule has 1 heterocycles. The lowest BCUT2D eigenvalue weighted by atomic mass is 10.1. The number of aryl methyl sites for hydroxylation is 1. The summed E-state index contributed by atoms with van der Waals surface area (Å²) in [6, 6.07) is 12.1. The van der Waals surface area contributed by atoms with E-state index in [0.29, 0.717) is 21.7 Å². The average Bonchev–Trinajstić information content (AvgIpc) is 2.70. The van der Waals surface area contributed by atoms with Crippen LogP contribution in [0.3, 0.4) is 0 Å². The molecule has 3 rings (SSSR count). The van der Waals surface area contributed by atoms with Gasteiger partial charge in [0.25, 0.3) is 5.56 Å². The van der Waals surface area contributed by atoms with E-state index in [1.54, 1.807) is 32.3 Å².